The van der Waals surface area contributed by atoms with Crippen LogP contribution in [0.4, 0.5) is 4.79 Å². The summed E-state index contributed by atoms with van der Waals surface area (Å²) in [5.41, 5.74) is 0. The highest BCUT2D eigenvalue weighted by Gasteiger charge is 2.08. The normalized spacial score (nSPS) is 9.44. The molecule has 0 N–H and O–H groups in total. The summed E-state index contributed by atoms with van der Waals surface area (Å²) < 4.78 is 0. The second-order valence-corrected chi connectivity index (χ2v) is 2.33. The van der Waals surface area contributed by atoms with Gasteiger partial charge in [0, 0.05) is 13.1 Å². The minimum atomic E-state index is 0.0880. The third-order valence-corrected chi connectivity index (χ3v) is 1.37. The number of hydrogen-bond donors (Lipinski definition) is 0. The molecule has 9 heavy (non-hydrogen) atoms. The van der Waals surface area contributed by atoms with Crippen LogP contribution < -0.4 is 0 Å². The first kappa shape index (κ1) is 8.53. The molecule has 2 nitrogen and oxygen atoms in total. The maximum atomic E-state index is 10.8. The number of rotatable bonds is 2. The van der Waals surface area contributed by atoms with E-state index in [-0.39, 0.29) is 5.81 Å². The standard InChI is InChI=1S/C6H13BNO/c1-5(2)8(4)6(9)7-3/h5H,1-4H3. The number of nitrogens with zero attached hydrogens (tertiary/aromatic N) is 1. The van der Waals surface area contributed by atoms with Crippen molar-refractivity contribution in [3.05, 3.63) is 0 Å². The fourth-order valence-corrected chi connectivity index (χ4v) is 0.458. The number of hydrogen-bond acceptors (Lipinski definition) is 1. The van der Waals surface area contributed by atoms with E-state index < -0.39 is 0 Å². The predicted molar refractivity (Wildman–Crippen MR) is 39.9 cm³/mol. The van der Waals surface area contributed by atoms with E-state index in [9.17, 15) is 4.79 Å². The number of amides is 1. The summed E-state index contributed by atoms with van der Waals surface area (Å²) in [6.45, 7) is 5.73. The van der Waals surface area contributed by atoms with E-state index in [1.807, 2.05) is 13.8 Å². The summed E-state index contributed by atoms with van der Waals surface area (Å²) in [5.74, 6) is 0.0880. The van der Waals surface area contributed by atoms with Crippen molar-refractivity contribution in [1.29, 1.82) is 0 Å². The molecule has 0 aromatic heterocycles. The molecule has 0 bridgehead atoms. The highest BCUT2D eigenvalue weighted by atomic mass is 16.1. The lowest BCUT2D eigenvalue weighted by Gasteiger charge is -2.20. The molecule has 0 saturated carbocycles. The molecular formula is C6H13BNO. The summed E-state index contributed by atoms with van der Waals surface area (Å²) in [6, 6.07) is 0.300. The molecule has 0 aromatic rings. The Morgan fingerprint density at radius 1 is 1.56 bits per heavy atom. The van der Waals surface area contributed by atoms with Crippen molar-refractivity contribution in [2.75, 3.05) is 7.05 Å². The van der Waals surface area contributed by atoms with Gasteiger partial charge in [0.1, 0.15) is 0 Å². The number of carbonyl (C=O) groups excluding carboxylic acids is 1. The van der Waals surface area contributed by atoms with E-state index in [1.165, 1.54) is 0 Å². The summed E-state index contributed by atoms with van der Waals surface area (Å²) in [6.07, 6.45) is 0. The fourth-order valence-electron chi connectivity index (χ4n) is 0.458. The van der Waals surface area contributed by atoms with E-state index in [1.54, 1.807) is 26.1 Å². The Kier molecular flexibility index (Phi) is 3.36. The van der Waals surface area contributed by atoms with Crippen molar-refractivity contribution in [3.63, 3.8) is 0 Å². The molecule has 0 aliphatic rings. The maximum absolute atomic E-state index is 10.8. The predicted octanol–water partition coefficient (Wildman–Crippen LogP) is 1.20. The van der Waals surface area contributed by atoms with Crippen molar-refractivity contribution in [3.8, 4) is 0 Å². The lowest BCUT2D eigenvalue weighted by molar-refractivity contribution is 0.221. The van der Waals surface area contributed by atoms with Crippen molar-refractivity contribution < 1.29 is 4.79 Å². The molecule has 0 aliphatic heterocycles. The van der Waals surface area contributed by atoms with E-state index in [0.29, 0.717) is 6.04 Å². The molecule has 0 aliphatic carbocycles. The van der Waals surface area contributed by atoms with Gasteiger partial charge in [-0.3, -0.25) is 4.79 Å². The molecular weight excluding hydrogens is 113 g/mol. The SMILES string of the molecule is C[B]C(=O)N(C)C(C)C. The largest absolute Gasteiger partial charge is 0.353 e. The van der Waals surface area contributed by atoms with E-state index in [4.69, 9.17) is 0 Å². The van der Waals surface area contributed by atoms with Crippen LogP contribution in [0.3, 0.4) is 0 Å². The number of carbonyl (C=O) groups is 1. The van der Waals surface area contributed by atoms with Gasteiger partial charge in [-0.25, -0.2) is 0 Å². The van der Waals surface area contributed by atoms with Crippen LogP contribution in [0.1, 0.15) is 13.8 Å². The monoisotopic (exact) mass is 126 g/mol. The summed E-state index contributed by atoms with van der Waals surface area (Å²) in [4.78, 5) is 12.5. The Hall–Kier alpha value is -0.465. The van der Waals surface area contributed by atoms with Crippen LogP contribution in [0.2, 0.25) is 6.82 Å². The van der Waals surface area contributed by atoms with Crippen LogP contribution in [0.5, 0.6) is 0 Å². The van der Waals surface area contributed by atoms with Crippen LogP contribution >= 0.6 is 0 Å². The van der Waals surface area contributed by atoms with Crippen molar-refractivity contribution in [2.24, 2.45) is 0 Å². The zero-order valence-electron chi connectivity index (χ0n) is 6.51. The van der Waals surface area contributed by atoms with E-state index >= 15 is 0 Å². The van der Waals surface area contributed by atoms with Crippen LogP contribution in [-0.4, -0.2) is 31.1 Å². The zero-order valence-corrected chi connectivity index (χ0v) is 6.51. The Morgan fingerprint density at radius 3 is 2.11 bits per heavy atom. The smallest absolute Gasteiger partial charge is 0.229 e. The molecule has 0 fully saturated rings. The van der Waals surface area contributed by atoms with Gasteiger partial charge in [-0.1, -0.05) is 6.82 Å². The molecule has 0 aromatic carbocycles. The Bertz CT molecular complexity index is 103. The molecule has 0 rings (SSSR count). The molecule has 51 valence electrons. The third-order valence-electron chi connectivity index (χ3n) is 1.37. The fraction of sp³-hybridized carbons (Fsp3) is 0.833. The van der Waals surface area contributed by atoms with Crippen molar-refractivity contribution in [2.45, 2.75) is 26.7 Å². The topological polar surface area (TPSA) is 20.3 Å². The van der Waals surface area contributed by atoms with E-state index in [2.05, 4.69) is 0 Å². The van der Waals surface area contributed by atoms with E-state index in [0.717, 1.165) is 0 Å². The van der Waals surface area contributed by atoms with Crippen molar-refractivity contribution >= 4 is 13.1 Å². The summed E-state index contributed by atoms with van der Waals surface area (Å²) >= 11 is 0. The first-order valence-corrected chi connectivity index (χ1v) is 3.15. The molecule has 3 heteroatoms. The Balaban J connectivity index is 3.72. The average molecular weight is 126 g/mol. The van der Waals surface area contributed by atoms with Gasteiger partial charge in [0.2, 0.25) is 7.28 Å². The molecule has 1 amide bonds. The minimum absolute atomic E-state index is 0.0880. The molecule has 1 radical (unpaired) electrons. The van der Waals surface area contributed by atoms with Gasteiger partial charge >= 0.3 is 0 Å². The van der Waals surface area contributed by atoms with Gasteiger partial charge in [-0.05, 0) is 13.8 Å². The zero-order chi connectivity index (χ0) is 7.44. The van der Waals surface area contributed by atoms with Gasteiger partial charge in [0.05, 0.1) is 0 Å². The first-order chi connectivity index (χ1) is 4.09. The minimum Gasteiger partial charge on any atom is -0.353 e. The lowest BCUT2D eigenvalue weighted by atomic mass is 9.80. The van der Waals surface area contributed by atoms with Gasteiger partial charge in [0.25, 0.3) is 0 Å². The van der Waals surface area contributed by atoms with Crippen LogP contribution in [0, 0.1) is 0 Å². The van der Waals surface area contributed by atoms with Gasteiger partial charge in [-0.15, -0.1) is 0 Å². The van der Waals surface area contributed by atoms with Crippen LogP contribution in [0.25, 0.3) is 0 Å². The van der Waals surface area contributed by atoms with Crippen molar-refractivity contribution in [1.82, 2.24) is 4.90 Å². The lowest BCUT2D eigenvalue weighted by Crippen LogP contribution is -2.34. The average Bonchev–Trinajstić information content (AvgIpc) is 1.84. The molecule has 0 spiro atoms. The van der Waals surface area contributed by atoms with Crippen LogP contribution in [0.15, 0.2) is 0 Å². The maximum Gasteiger partial charge on any atom is 0.229 e. The highest BCUT2D eigenvalue weighted by molar-refractivity contribution is 6.72. The van der Waals surface area contributed by atoms with Crippen LogP contribution in [-0.2, 0) is 0 Å². The third kappa shape index (κ3) is 2.54. The highest BCUT2D eigenvalue weighted by Crippen LogP contribution is 1.93. The second kappa shape index (κ2) is 3.54. The Morgan fingerprint density at radius 2 is 2.00 bits per heavy atom. The van der Waals surface area contributed by atoms with Gasteiger partial charge in [-0.2, -0.15) is 0 Å². The summed E-state index contributed by atoms with van der Waals surface area (Å²) in [7, 11) is 3.37. The second-order valence-electron chi connectivity index (χ2n) is 2.33. The van der Waals surface area contributed by atoms with Gasteiger partial charge < -0.3 is 4.90 Å². The Labute approximate surface area is 57.5 Å². The molecule has 0 unspecified atom stereocenters. The van der Waals surface area contributed by atoms with Gasteiger partial charge in [0.15, 0.2) is 5.81 Å². The molecule has 0 saturated heterocycles. The molecule has 0 heterocycles. The summed E-state index contributed by atoms with van der Waals surface area (Å²) in [5, 5.41) is 0. The first-order valence-electron chi connectivity index (χ1n) is 3.15. The molecule has 0 atom stereocenters. The quantitative estimate of drug-likeness (QED) is 0.509.